The molecule has 4 heteroatoms. The number of rotatable bonds is 4. The van der Waals surface area contributed by atoms with E-state index in [4.69, 9.17) is 4.74 Å². The average molecular weight is 197 g/mol. The zero-order valence-corrected chi connectivity index (χ0v) is 8.32. The summed E-state index contributed by atoms with van der Waals surface area (Å²) in [5.41, 5.74) is 0.904. The molecule has 0 bridgehead atoms. The molecule has 0 amide bonds. The van der Waals surface area contributed by atoms with Crippen LogP contribution in [-0.2, 0) is 6.42 Å². The second kappa shape index (κ2) is 4.83. The maximum Gasteiger partial charge on any atom is 0.160 e. The lowest BCUT2D eigenvalue weighted by Gasteiger charge is -2.10. The molecule has 0 aliphatic carbocycles. The number of aliphatic hydroxyl groups is 1. The molecular weight excluding hydrogens is 182 g/mol. The molecule has 1 aromatic carbocycles. The Balaban J connectivity index is 2.79. The van der Waals surface area contributed by atoms with Gasteiger partial charge in [0.2, 0.25) is 0 Å². The van der Waals surface area contributed by atoms with E-state index in [0.29, 0.717) is 12.2 Å². The molecule has 1 atom stereocenters. The van der Waals surface area contributed by atoms with E-state index in [2.05, 4.69) is 5.32 Å². The van der Waals surface area contributed by atoms with E-state index in [1.165, 1.54) is 7.11 Å². The van der Waals surface area contributed by atoms with Crippen LogP contribution in [0.2, 0.25) is 0 Å². The van der Waals surface area contributed by atoms with Crippen LogP contribution >= 0.6 is 0 Å². The fourth-order valence-electron chi connectivity index (χ4n) is 1.17. The minimum Gasteiger partial charge on any atom is -0.504 e. The molecule has 1 rings (SSSR count). The van der Waals surface area contributed by atoms with Crippen LogP contribution in [0.25, 0.3) is 0 Å². The summed E-state index contributed by atoms with van der Waals surface area (Å²) in [5, 5.41) is 21.4. The van der Waals surface area contributed by atoms with Gasteiger partial charge in [0.15, 0.2) is 11.5 Å². The van der Waals surface area contributed by atoms with E-state index < -0.39 is 6.23 Å². The van der Waals surface area contributed by atoms with Gasteiger partial charge in [-0.25, -0.2) is 0 Å². The molecule has 0 spiro atoms. The molecule has 0 aliphatic heterocycles. The lowest BCUT2D eigenvalue weighted by atomic mass is 10.1. The standard InChI is InChI=1S/C10H15NO3/c1-11-10(13)6-7-3-4-8(12)9(5-7)14-2/h3-5,10-13H,6H2,1-2H3. The highest BCUT2D eigenvalue weighted by molar-refractivity contribution is 5.41. The van der Waals surface area contributed by atoms with Gasteiger partial charge in [-0.3, -0.25) is 5.32 Å². The fraction of sp³-hybridized carbons (Fsp3) is 0.400. The Kier molecular flexibility index (Phi) is 3.73. The van der Waals surface area contributed by atoms with Crippen LogP contribution in [-0.4, -0.2) is 30.6 Å². The highest BCUT2D eigenvalue weighted by Crippen LogP contribution is 2.26. The normalized spacial score (nSPS) is 12.5. The van der Waals surface area contributed by atoms with Crippen LogP contribution in [0.15, 0.2) is 18.2 Å². The molecule has 1 aromatic rings. The molecule has 1 unspecified atom stereocenters. The summed E-state index contributed by atoms with van der Waals surface area (Å²) in [6.07, 6.45) is -0.100. The van der Waals surface area contributed by atoms with E-state index in [1.807, 2.05) is 0 Å². The van der Waals surface area contributed by atoms with Crippen molar-refractivity contribution in [1.29, 1.82) is 0 Å². The van der Waals surface area contributed by atoms with Crippen LogP contribution in [0.5, 0.6) is 11.5 Å². The quantitative estimate of drug-likeness (QED) is 0.614. The number of nitrogens with one attached hydrogen (secondary N) is 1. The van der Waals surface area contributed by atoms with Gasteiger partial charge in [0.05, 0.1) is 7.11 Å². The van der Waals surface area contributed by atoms with Crippen LogP contribution in [0.3, 0.4) is 0 Å². The predicted molar refractivity (Wildman–Crippen MR) is 53.4 cm³/mol. The molecule has 0 aliphatic rings. The first-order valence-corrected chi connectivity index (χ1v) is 4.38. The summed E-state index contributed by atoms with van der Waals surface area (Å²) < 4.78 is 4.95. The minimum absolute atomic E-state index is 0.107. The molecule has 0 saturated heterocycles. The third-order valence-corrected chi connectivity index (χ3v) is 2.01. The Morgan fingerprint density at radius 2 is 2.21 bits per heavy atom. The van der Waals surface area contributed by atoms with E-state index in [1.54, 1.807) is 25.2 Å². The van der Waals surface area contributed by atoms with Gasteiger partial charge in [0.1, 0.15) is 6.23 Å². The van der Waals surface area contributed by atoms with Crippen molar-refractivity contribution in [3.63, 3.8) is 0 Å². The van der Waals surface area contributed by atoms with Crippen molar-refractivity contribution < 1.29 is 14.9 Å². The summed E-state index contributed by atoms with van der Waals surface area (Å²) >= 11 is 0. The van der Waals surface area contributed by atoms with Crippen molar-refractivity contribution in [2.24, 2.45) is 0 Å². The Morgan fingerprint density at radius 1 is 1.50 bits per heavy atom. The first kappa shape index (κ1) is 10.8. The zero-order chi connectivity index (χ0) is 10.6. The Bertz CT molecular complexity index is 301. The van der Waals surface area contributed by atoms with Gasteiger partial charge in [-0.05, 0) is 24.7 Å². The van der Waals surface area contributed by atoms with Crippen molar-refractivity contribution in [2.75, 3.05) is 14.2 Å². The van der Waals surface area contributed by atoms with Crippen molar-refractivity contribution in [1.82, 2.24) is 5.32 Å². The summed E-state index contributed by atoms with van der Waals surface area (Å²) in [7, 11) is 3.18. The molecule has 4 nitrogen and oxygen atoms in total. The smallest absolute Gasteiger partial charge is 0.160 e. The largest absolute Gasteiger partial charge is 0.504 e. The summed E-state index contributed by atoms with van der Waals surface area (Å²) in [6, 6.07) is 5.00. The summed E-state index contributed by atoms with van der Waals surface area (Å²) in [6.45, 7) is 0. The molecule has 0 heterocycles. The molecule has 0 radical (unpaired) electrons. The zero-order valence-electron chi connectivity index (χ0n) is 8.32. The highest BCUT2D eigenvalue weighted by Gasteiger charge is 2.06. The highest BCUT2D eigenvalue weighted by atomic mass is 16.5. The first-order chi connectivity index (χ1) is 6.67. The first-order valence-electron chi connectivity index (χ1n) is 4.38. The Hall–Kier alpha value is -1.26. The van der Waals surface area contributed by atoms with Gasteiger partial charge >= 0.3 is 0 Å². The Labute approximate surface area is 83.1 Å². The molecule has 0 fully saturated rings. The lowest BCUT2D eigenvalue weighted by Crippen LogP contribution is -2.26. The van der Waals surface area contributed by atoms with Gasteiger partial charge in [-0.2, -0.15) is 0 Å². The molecule has 0 aromatic heterocycles. The van der Waals surface area contributed by atoms with Crippen molar-refractivity contribution >= 4 is 0 Å². The number of aliphatic hydroxyl groups excluding tert-OH is 1. The second-order valence-corrected chi connectivity index (χ2v) is 3.01. The maximum absolute atomic E-state index is 9.33. The molecule has 14 heavy (non-hydrogen) atoms. The molecule has 0 saturated carbocycles. The van der Waals surface area contributed by atoms with Crippen molar-refractivity contribution in [3.8, 4) is 11.5 Å². The third kappa shape index (κ3) is 2.61. The molecule has 78 valence electrons. The predicted octanol–water partition coefficient (Wildman–Crippen LogP) is 0.481. The monoisotopic (exact) mass is 197 g/mol. The van der Waals surface area contributed by atoms with E-state index in [9.17, 15) is 10.2 Å². The number of phenolic OH excluding ortho intramolecular Hbond substituents is 1. The molecule has 3 N–H and O–H groups in total. The number of phenols is 1. The van der Waals surface area contributed by atoms with E-state index >= 15 is 0 Å². The lowest BCUT2D eigenvalue weighted by molar-refractivity contribution is 0.147. The topological polar surface area (TPSA) is 61.7 Å². The van der Waals surface area contributed by atoms with E-state index in [0.717, 1.165) is 5.56 Å². The number of ether oxygens (including phenoxy) is 1. The van der Waals surface area contributed by atoms with Gasteiger partial charge in [0, 0.05) is 6.42 Å². The number of hydrogen-bond donors (Lipinski definition) is 3. The number of methoxy groups -OCH3 is 1. The van der Waals surface area contributed by atoms with Crippen LogP contribution < -0.4 is 10.1 Å². The van der Waals surface area contributed by atoms with Crippen molar-refractivity contribution in [3.05, 3.63) is 23.8 Å². The van der Waals surface area contributed by atoms with Crippen LogP contribution in [0.4, 0.5) is 0 Å². The van der Waals surface area contributed by atoms with Gasteiger partial charge < -0.3 is 14.9 Å². The third-order valence-electron chi connectivity index (χ3n) is 2.01. The van der Waals surface area contributed by atoms with Gasteiger partial charge in [0.25, 0.3) is 0 Å². The van der Waals surface area contributed by atoms with E-state index in [-0.39, 0.29) is 5.75 Å². The molecular formula is C10H15NO3. The van der Waals surface area contributed by atoms with Crippen LogP contribution in [0, 0.1) is 0 Å². The number of benzene rings is 1. The number of aromatic hydroxyl groups is 1. The van der Waals surface area contributed by atoms with Gasteiger partial charge in [-0.15, -0.1) is 0 Å². The Morgan fingerprint density at radius 3 is 2.79 bits per heavy atom. The van der Waals surface area contributed by atoms with Crippen LogP contribution in [0.1, 0.15) is 5.56 Å². The minimum atomic E-state index is -0.579. The van der Waals surface area contributed by atoms with Crippen molar-refractivity contribution in [2.45, 2.75) is 12.6 Å². The fourth-order valence-corrected chi connectivity index (χ4v) is 1.17. The summed E-state index contributed by atoms with van der Waals surface area (Å²) in [4.78, 5) is 0. The number of hydrogen-bond acceptors (Lipinski definition) is 4. The van der Waals surface area contributed by atoms with Gasteiger partial charge in [-0.1, -0.05) is 6.07 Å². The average Bonchev–Trinajstić information content (AvgIpc) is 2.20. The SMILES string of the molecule is CNC(O)Cc1ccc(O)c(OC)c1. The maximum atomic E-state index is 9.33. The second-order valence-electron chi connectivity index (χ2n) is 3.01. The summed E-state index contributed by atoms with van der Waals surface area (Å²) in [5.74, 6) is 0.529. The number of likely N-dealkylation sites (N-methyl/N-ethyl adjacent to an activating group) is 1.